The fourth-order valence-corrected chi connectivity index (χ4v) is 1.74. The first-order chi connectivity index (χ1) is 7.36. The van der Waals surface area contributed by atoms with Gasteiger partial charge in [0.1, 0.15) is 0 Å². The minimum absolute atomic E-state index is 0.238. The third kappa shape index (κ3) is 1.68. The topological polar surface area (TPSA) is 49.7 Å². The van der Waals surface area contributed by atoms with E-state index in [0.29, 0.717) is 18.5 Å². The summed E-state index contributed by atoms with van der Waals surface area (Å²) in [4.78, 5) is 15.0. The molecule has 2 rings (SSSR count). The van der Waals surface area contributed by atoms with Gasteiger partial charge in [0.2, 0.25) is 0 Å². The number of rotatable bonds is 2. The molecule has 0 radical (unpaired) electrons. The summed E-state index contributed by atoms with van der Waals surface area (Å²) >= 11 is 0. The number of aldehydes is 1. The molecule has 1 aliphatic heterocycles. The minimum atomic E-state index is 0.238. The van der Waals surface area contributed by atoms with E-state index in [1.807, 2.05) is 24.3 Å². The van der Waals surface area contributed by atoms with Gasteiger partial charge in [-0.15, -0.1) is 0 Å². The fraction of sp³-hybridized carbons (Fsp3) is 0.167. The first kappa shape index (κ1) is 9.65. The molecule has 1 aromatic carbocycles. The molecule has 1 aromatic rings. The predicted octanol–water partition coefficient (Wildman–Crippen LogP) is 1.67. The Kier molecular flexibility index (Phi) is 2.63. The summed E-state index contributed by atoms with van der Waals surface area (Å²) in [6.07, 6.45) is 2.33. The van der Waals surface area contributed by atoms with Gasteiger partial charge in [-0.25, -0.2) is 0 Å². The number of hydrogen-bond donors (Lipinski definition) is 1. The Labute approximate surface area is 87.8 Å². The van der Waals surface area contributed by atoms with Gasteiger partial charge in [-0.1, -0.05) is 24.3 Å². The zero-order valence-electron chi connectivity index (χ0n) is 8.18. The van der Waals surface area contributed by atoms with Crippen LogP contribution in [0.25, 0.3) is 0 Å². The Bertz CT molecular complexity index is 447. The first-order valence-corrected chi connectivity index (χ1v) is 4.79. The van der Waals surface area contributed by atoms with Crippen LogP contribution in [0.15, 0.2) is 41.1 Å². The quantitative estimate of drug-likeness (QED) is 0.449. The Balaban J connectivity index is 2.51. The molecule has 0 bridgehead atoms. The third-order valence-electron chi connectivity index (χ3n) is 2.46. The average molecular weight is 201 g/mol. The Hall–Kier alpha value is -1.90. The minimum Gasteiger partial charge on any atom is -0.515 e. The van der Waals surface area contributed by atoms with Gasteiger partial charge in [0.05, 0.1) is 17.5 Å². The van der Waals surface area contributed by atoms with Crippen molar-refractivity contribution in [3.05, 3.63) is 47.2 Å². The number of carbonyl (C=O) groups is 1. The number of carbonyl (C=O) groups excluding carboxylic acids is 1. The molecule has 1 N–H and O–H groups in total. The van der Waals surface area contributed by atoms with E-state index >= 15 is 0 Å². The molecule has 0 spiro atoms. The summed E-state index contributed by atoms with van der Waals surface area (Å²) < 4.78 is 0. The fourth-order valence-electron chi connectivity index (χ4n) is 1.74. The molecule has 0 aromatic heterocycles. The molecular weight excluding hydrogens is 190 g/mol. The number of allylic oxidation sites excluding steroid dienone is 1. The molecule has 3 heteroatoms. The Morgan fingerprint density at radius 2 is 2.20 bits per heavy atom. The molecule has 0 unspecified atom stereocenters. The molecule has 0 atom stereocenters. The van der Waals surface area contributed by atoms with E-state index in [0.717, 1.165) is 18.2 Å². The summed E-state index contributed by atoms with van der Waals surface area (Å²) in [6.45, 7) is 0.664. The highest BCUT2D eigenvalue weighted by Crippen LogP contribution is 2.18. The van der Waals surface area contributed by atoms with Gasteiger partial charge in [0.15, 0.2) is 6.29 Å². The Morgan fingerprint density at radius 3 is 2.93 bits per heavy atom. The smallest absolute Gasteiger partial charge is 0.155 e. The number of benzene rings is 1. The molecule has 0 saturated carbocycles. The first-order valence-electron chi connectivity index (χ1n) is 4.79. The molecule has 0 saturated heterocycles. The molecule has 0 aliphatic carbocycles. The van der Waals surface area contributed by atoms with Crippen molar-refractivity contribution in [1.82, 2.24) is 0 Å². The standard InChI is InChI=1S/C12H11NO2/c14-7-10(8-15)12-11-4-2-1-3-9(11)5-6-13-12/h1-4,7-8,14H,5-6H2. The van der Waals surface area contributed by atoms with Crippen molar-refractivity contribution >= 4 is 12.0 Å². The Morgan fingerprint density at radius 1 is 1.40 bits per heavy atom. The van der Waals surface area contributed by atoms with Gasteiger partial charge in [0.25, 0.3) is 0 Å². The van der Waals surface area contributed by atoms with Gasteiger partial charge in [-0.2, -0.15) is 0 Å². The molecule has 0 fully saturated rings. The zero-order chi connectivity index (χ0) is 10.7. The molecular formula is C12H11NO2. The lowest BCUT2D eigenvalue weighted by Gasteiger charge is -2.15. The second-order valence-corrected chi connectivity index (χ2v) is 3.34. The van der Waals surface area contributed by atoms with Gasteiger partial charge < -0.3 is 5.11 Å². The lowest BCUT2D eigenvalue weighted by atomic mass is 9.94. The summed E-state index contributed by atoms with van der Waals surface area (Å²) in [5.74, 6) is 0. The summed E-state index contributed by atoms with van der Waals surface area (Å²) in [7, 11) is 0. The van der Waals surface area contributed by atoms with Crippen LogP contribution in [0.5, 0.6) is 0 Å². The number of aliphatic hydroxyl groups excluding tert-OH is 1. The second-order valence-electron chi connectivity index (χ2n) is 3.34. The van der Waals surface area contributed by atoms with E-state index in [-0.39, 0.29) is 5.57 Å². The van der Waals surface area contributed by atoms with Crippen molar-refractivity contribution in [2.24, 2.45) is 4.99 Å². The lowest BCUT2D eigenvalue weighted by molar-refractivity contribution is -0.104. The number of aliphatic hydroxyl groups is 1. The zero-order valence-corrected chi connectivity index (χ0v) is 8.18. The maximum atomic E-state index is 10.7. The summed E-state index contributed by atoms with van der Waals surface area (Å²) in [5, 5.41) is 8.93. The molecule has 0 amide bonds. The second kappa shape index (κ2) is 4.09. The summed E-state index contributed by atoms with van der Waals surface area (Å²) in [6, 6.07) is 7.80. The molecule has 1 heterocycles. The van der Waals surface area contributed by atoms with Crippen molar-refractivity contribution in [3.63, 3.8) is 0 Å². The number of fused-ring (bicyclic) bond motifs is 1. The van der Waals surface area contributed by atoms with Gasteiger partial charge in [-0.3, -0.25) is 9.79 Å². The van der Waals surface area contributed by atoms with Crippen molar-refractivity contribution < 1.29 is 9.90 Å². The molecule has 76 valence electrons. The maximum Gasteiger partial charge on any atom is 0.155 e. The summed E-state index contributed by atoms with van der Waals surface area (Å²) in [5.41, 5.74) is 2.94. The number of hydrogen-bond acceptors (Lipinski definition) is 3. The monoisotopic (exact) mass is 201 g/mol. The van der Waals surface area contributed by atoms with Crippen LogP contribution in [-0.2, 0) is 11.2 Å². The van der Waals surface area contributed by atoms with Gasteiger partial charge in [0, 0.05) is 12.1 Å². The van der Waals surface area contributed by atoms with Crippen molar-refractivity contribution in [2.45, 2.75) is 6.42 Å². The van der Waals surface area contributed by atoms with E-state index in [9.17, 15) is 4.79 Å². The van der Waals surface area contributed by atoms with Crippen molar-refractivity contribution in [3.8, 4) is 0 Å². The maximum absolute atomic E-state index is 10.7. The molecule has 15 heavy (non-hydrogen) atoms. The molecule has 1 aliphatic rings. The molecule has 3 nitrogen and oxygen atoms in total. The van der Waals surface area contributed by atoms with Crippen LogP contribution in [-0.4, -0.2) is 23.6 Å². The number of nitrogens with zero attached hydrogens (tertiary/aromatic N) is 1. The largest absolute Gasteiger partial charge is 0.515 e. The highest BCUT2D eigenvalue weighted by molar-refractivity contribution is 6.23. The van der Waals surface area contributed by atoms with Crippen LogP contribution in [0.2, 0.25) is 0 Å². The van der Waals surface area contributed by atoms with E-state index < -0.39 is 0 Å². The highest BCUT2D eigenvalue weighted by atomic mass is 16.2. The predicted molar refractivity (Wildman–Crippen MR) is 58.3 cm³/mol. The van der Waals surface area contributed by atoms with Crippen molar-refractivity contribution in [2.75, 3.05) is 6.54 Å². The SMILES string of the molecule is O=CC(=CO)C1=NCCc2ccccc21. The van der Waals surface area contributed by atoms with E-state index in [2.05, 4.69) is 4.99 Å². The van der Waals surface area contributed by atoms with E-state index in [1.54, 1.807) is 0 Å². The van der Waals surface area contributed by atoms with E-state index in [4.69, 9.17) is 5.11 Å². The highest BCUT2D eigenvalue weighted by Gasteiger charge is 2.16. The van der Waals surface area contributed by atoms with E-state index in [1.165, 1.54) is 5.56 Å². The van der Waals surface area contributed by atoms with Crippen LogP contribution in [0.1, 0.15) is 11.1 Å². The van der Waals surface area contributed by atoms with Crippen LogP contribution in [0.3, 0.4) is 0 Å². The third-order valence-corrected chi connectivity index (χ3v) is 2.46. The lowest BCUT2D eigenvalue weighted by Crippen LogP contribution is -2.15. The van der Waals surface area contributed by atoms with Gasteiger partial charge >= 0.3 is 0 Å². The van der Waals surface area contributed by atoms with Gasteiger partial charge in [-0.05, 0) is 12.0 Å². The van der Waals surface area contributed by atoms with Crippen LogP contribution >= 0.6 is 0 Å². The number of aliphatic imine (C=N–C) groups is 1. The average Bonchev–Trinajstić information content (AvgIpc) is 2.31. The normalized spacial score (nSPS) is 15.5. The van der Waals surface area contributed by atoms with Crippen LogP contribution in [0, 0.1) is 0 Å². The van der Waals surface area contributed by atoms with Crippen LogP contribution in [0.4, 0.5) is 0 Å². The van der Waals surface area contributed by atoms with Crippen molar-refractivity contribution in [1.29, 1.82) is 0 Å². The van der Waals surface area contributed by atoms with Crippen LogP contribution < -0.4 is 0 Å².